The Morgan fingerprint density at radius 2 is 1.95 bits per heavy atom. The molecule has 2 aromatic rings. The third-order valence-corrected chi connectivity index (χ3v) is 3.83. The van der Waals surface area contributed by atoms with Crippen molar-refractivity contribution >= 4 is 17.6 Å². The van der Waals surface area contributed by atoms with Crippen molar-refractivity contribution in [1.29, 1.82) is 0 Å². The van der Waals surface area contributed by atoms with Crippen molar-refractivity contribution in [2.45, 2.75) is 25.8 Å². The molecule has 3 rings (SSSR count). The van der Waals surface area contributed by atoms with Crippen LogP contribution in [0.2, 0.25) is 5.02 Å². The number of hydrogen-bond acceptors (Lipinski definition) is 1. The van der Waals surface area contributed by atoms with Crippen LogP contribution in [0, 0.1) is 6.92 Å². The fraction of sp³-hybridized carbons (Fsp3) is 0.267. The summed E-state index contributed by atoms with van der Waals surface area (Å²) in [4.78, 5) is 11.3. The van der Waals surface area contributed by atoms with Crippen LogP contribution in [0.1, 0.15) is 34.9 Å². The van der Waals surface area contributed by atoms with Gasteiger partial charge in [0.25, 0.3) is 0 Å². The van der Waals surface area contributed by atoms with Crippen molar-refractivity contribution in [2.75, 3.05) is 0 Å². The average Bonchev–Trinajstić information content (AvgIpc) is 3.14. The molecule has 0 saturated heterocycles. The van der Waals surface area contributed by atoms with E-state index in [1.54, 1.807) is 6.07 Å². The molecule has 1 heterocycles. The lowest BCUT2D eigenvalue weighted by Gasteiger charge is -2.10. The van der Waals surface area contributed by atoms with E-state index in [1.165, 1.54) is 0 Å². The Balaban J connectivity index is 2.16. The molecule has 0 spiro atoms. The minimum absolute atomic E-state index is 0.386. The summed E-state index contributed by atoms with van der Waals surface area (Å²) < 4.78 is 2.15. The highest BCUT2D eigenvalue weighted by molar-refractivity contribution is 6.30. The summed E-state index contributed by atoms with van der Waals surface area (Å²) in [6.45, 7) is 1.88. The first-order valence-corrected chi connectivity index (χ1v) is 6.67. The quantitative estimate of drug-likeness (QED) is 0.914. The van der Waals surface area contributed by atoms with Crippen molar-refractivity contribution in [3.05, 3.63) is 46.6 Å². The van der Waals surface area contributed by atoms with E-state index in [9.17, 15) is 9.90 Å². The first-order chi connectivity index (χ1) is 9.08. The van der Waals surface area contributed by atoms with Gasteiger partial charge in [-0.3, -0.25) is 0 Å². The summed E-state index contributed by atoms with van der Waals surface area (Å²) in [5.74, 6) is -0.868. The third-order valence-electron chi connectivity index (χ3n) is 3.57. The number of carbonyl (C=O) groups is 1. The minimum atomic E-state index is -0.868. The fourth-order valence-corrected chi connectivity index (χ4v) is 2.61. The summed E-state index contributed by atoms with van der Waals surface area (Å²) in [5, 5.41) is 9.95. The number of carboxylic acid groups (broad SMARTS) is 1. The highest BCUT2D eigenvalue weighted by Gasteiger charge is 2.29. The molecule has 0 atom stereocenters. The molecular formula is C15H14ClNO2. The van der Waals surface area contributed by atoms with Crippen LogP contribution in [-0.2, 0) is 0 Å². The molecule has 0 aliphatic heterocycles. The van der Waals surface area contributed by atoms with Crippen LogP contribution in [0.5, 0.6) is 0 Å². The molecule has 1 N–H and O–H groups in total. The second-order valence-corrected chi connectivity index (χ2v) is 5.38. The SMILES string of the molecule is Cc1c(C(=O)O)cc(-c2ccc(Cl)cc2)n1C1CC1. The lowest BCUT2D eigenvalue weighted by Crippen LogP contribution is -2.02. The van der Waals surface area contributed by atoms with Gasteiger partial charge in [-0.1, -0.05) is 23.7 Å². The summed E-state index contributed by atoms with van der Waals surface area (Å²) in [7, 11) is 0. The zero-order chi connectivity index (χ0) is 13.6. The van der Waals surface area contributed by atoms with Crippen LogP contribution in [0.15, 0.2) is 30.3 Å². The van der Waals surface area contributed by atoms with Crippen LogP contribution < -0.4 is 0 Å². The number of aromatic nitrogens is 1. The van der Waals surface area contributed by atoms with E-state index in [2.05, 4.69) is 4.57 Å². The largest absolute Gasteiger partial charge is 0.478 e. The molecule has 0 bridgehead atoms. The zero-order valence-electron chi connectivity index (χ0n) is 10.6. The Morgan fingerprint density at radius 1 is 1.32 bits per heavy atom. The smallest absolute Gasteiger partial charge is 0.337 e. The predicted molar refractivity (Wildman–Crippen MR) is 74.8 cm³/mol. The molecule has 0 radical (unpaired) electrons. The molecule has 1 aromatic carbocycles. The van der Waals surface area contributed by atoms with E-state index in [0.717, 1.165) is 29.8 Å². The Labute approximate surface area is 116 Å². The Kier molecular flexibility index (Phi) is 2.86. The number of benzene rings is 1. The van der Waals surface area contributed by atoms with E-state index < -0.39 is 5.97 Å². The molecule has 0 amide bonds. The summed E-state index contributed by atoms with van der Waals surface area (Å²) in [5.41, 5.74) is 3.19. The number of nitrogens with zero attached hydrogens (tertiary/aromatic N) is 1. The van der Waals surface area contributed by atoms with Gasteiger partial charge in [-0.05, 0) is 43.5 Å². The van der Waals surface area contributed by atoms with Gasteiger partial charge in [-0.15, -0.1) is 0 Å². The Hall–Kier alpha value is -1.74. The van der Waals surface area contributed by atoms with E-state index in [4.69, 9.17) is 11.6 Å². The summed E-state index contributed by atoms with van der Waals surface area (Å²) in [6.07, 6.45) is 2.24. The zero-order valence-corrected chi connectivity index (χ0v) is 11.3. The van der Waals surface area contributed by atoms with E-state index >= 15 is 0 Å². The van der Waals surface area contributed by atoms with Crippen LogP contribution in [0.25, 0.3) is 11.3 Å². The van der Waals surface area contributed by atoms with Gasteiger partial charge in [0.2, 0.25) is 0 Å². The molecule has 1 aliphatic rings. The normalized spacial score (nSPS) is 14.6. The maximum Gasteiger partial charge on any atom is 0.337 e. The van der Waals surface area contributed by atoms with Gasteiger partial charge in [-0.2, -0.15) is 0 Å². The summed E-state index contributed by atoms with van der Waals surface area (Å²) >= 11 is 5.90. The van der Waals surface area contributed by atoms with Crippen molar-refractivity contribution < 1.29 is 9.90 Å². The van der Waals surface area contributed by atoms with Crippen molar-refractivity contribution in [1.82, 2.24) is 4.57 Å². The Bertz CT molecular complexity index is 639. The third kappa shape index (κ3) is 2.15. The molecule has 1 aromatic heterocycles. The lowest BCUT2D eigenvalue weighted by molar-refractivity contribution is 0.0696. The van der Waals surface area contributed by atoms with Crippen molar-refractivity contribution in [3.63, 3.8) is 0 Å². The van der Waals surface area contributed by atoms with E-state index in [-0.39, 0.29) is 0 Å². The van der Waals surface area contributed by atoms with Crippen LogP contribution in [0.4, 0.5) is 0 Å². The minimum Gasteiger partial charge on any atom is -0.478 e. The molecule has 3 nitrogen and oxygen atoms in total. The van der Waals surface area contributed by atoms with Gasteiger partial charge in [0.1, 0.15) is 0 Å². The van der Waals surface area contributed by atoms with Crippen molar-refractivity contribution in [2.24, 2.45) is 0 Å². The second-order valence-electron chi connectivity index (χ2n) is 4.94. The van der Waals surface area contributed by atoms with Gasteiger partial charge in [0, 0.05) is 22.5 Å². The van der Waals surface area contributed by atoms with Crippen molar-refractivity contribution in [3.8, 4) is 11.3 Å². The molecule has 1 fully saturated rings. The lowest BCUT2D eigenvalue weighted by atomic mass is 10.1. The van der Waals surface area contributed by atoms with E-state index in [0.29, 0.717) is 16.6 Å². The van der Waals surface area contributed by atoms with Gasteiger partial charge in [0.15, 0.2) is 0 Å². The Morgan fingerprint density at radius 3 is 2.47 bits per heavy atom. The maximum atomic E-state index is 11.3. The van der Waals surface area contributed by atoms with E-state index in [1.807, 2.05) is 31.2 Å². The average molecular weight is 276 g/mol. The molecule has 4 heteroatoms. The highest BCUT2D eigenvalue weighted by Crippen LogP contribution is 2.41. The van der Waals surface area contributed by atoms with Gasteiger partial charge in [0.05, 0.1) is 5.56 Å². The molecular weight excluding hydrogens is 262 g/mol. The number of halogens is 1. The molecule has 0 unspecified atom stereocenters. The predicted octanol–water partition coefficient (Wildman–Crippen LogP) is 4.15. The van der Waals surface area contributed by atoms with Gasteiger partial charge < -0.3 is 9.67 Å². The molecule has 1 saturated carbocycles. The van der Waals surface area contributed by atoms with Gasteiger partial charge in [-0.25, -0.2) is 4.79 Å². The molecule has 1 aliphatic carbocycles. The second kappa shape index (κ2) is 4.42. The first kappa shape index (κ1) is 12.3. The van der Waals surface area contributed by atoms with Gasteiger partial charge >= 0.3 is 5.97 Å². The standard InChI is InChI=1S/C15H14ClNO2/c1-9-13(15(18)19)8-14(17(9)12-6-7-12)10-2-4-11(16)5-3-10/h2-5,8,12H,6-7H2,1H3,(H,18,19). The van der Waals surface area contributed by atoms with Crippen LogP contribution >= 0.6 is 11.6 Å². The molecule has 98 valence electrons. The number of rotatable bonds is 3. The van der Waals surface area contributed by atoms with Crippen LogP contribution in [-0.4, -0.2) is 15.6 Å². The number of carboxylic acids is 1. The first-order valence-electron chi connectivity index (χ1n) is 6.29. The molecule has 19 heavy (non-hydrogen) atoms. The topological polar surface area (TPSA) is 42.2 Å². The number of hydrogen-bond donors (Lipinski definition) is 1. The van der Waals surface area contributed by atoms with Crippen LogP contribution in [0.3, 0.4) is 0 Å². The summed E-state index contributed by atoms with van der Waals surface area (Å²) in [6, 6.07) is 9.73. The fourth-order valence-electron chi connectivity index (χ4n) is 2.48. The maximum absolute atomic E-state index is 11.3. The number of aromatic carboxylic acids is 1. The monoisotopic (exact) mass is 275 g/mol. The highest BCUT2D eigenvalue weighted by atomic mass is 35.5.